The molecule has 7 heteroatoms. The van der Waals surface area contributed by atoms with Crippen molar-refractivity contribution in [2.45, 2.75) is 19.6 Å². The van der Waals surface area contributed by atoms with E-state index < -0.39 is 17.6 Å². The summed E-state index contributed by atoms with van der Waals surface area (Å²) in [5, 5.41) is 3.14. The van der Waals surface area contributed by atoms with Crippen LogP contribution < -0.4 is 10.2 Å². The zero-order valence-corrected chi connectivity index (χ0v) is 14.3. The van der Waals surface area contributed by atoms with Crippen molar-refractivity contribution in [2.75, 3.05) is 16.8 Å². The fraction of sp³-hybridized carbons (Fsp3) is 0.235. The summed E-state index contributed by atoms with van der Waals surface area (Å²) in [4.78, 5) is 13.9. The van der Waals surface area contributed by atoms with Crippen LogP contribution in [0.2, 0.25) is 0 Å². The number of nitrogens with one attached hydrogen (secondary N) is 1. The molecule has 0 saturated heterocycles. The molecule has 126 valence electrons. The third kappa shape index (κ3) is 3.00. The van der Waals surface area contributed by atoms with E-state index in [-0.39, 0.29) is 17.7 Å². The minimum absolute atomic E-state index is 0.0278. The van der Waals surface area contributed by atoms with E-state index in [0.29, 0.717) is 12.2 Å². The average Bonchev–Trinajstić information content (AvgIpc) is 2.83. The van der Waals surface area contributed by atoms with Gasteiger partial charge in [0, 0.05) is 28.0 Å². The second-order valence-corrected chi connectivity index (χ2v) is 6.36. The van der Waals surface area contributed by atoms with Gasteiger partial charge in [-0.1, -0.05) is 22.0 Å². The number of alkyl halides is 3. The molecule has 0 saturated carbocycles. The summed E-state index contributed by atoms with van der Waals surface area (Å²) in [5.41, 5.74) is 0.726. The van der Waals surface area contributed by atoms with Crippen LogP contribution in [0.5, 0.6) is 0 Å². The highest BCUT2D eigenvalue weighted by Gasteiger charge is 2.39. The van der Waals surface area contributed by atoms with Crippen LogP contribution in [0.1, 0.15) is 28.4 Å². The molecule has 1 amide bonds. The monoisotopic (exact) mass is 398 g/mol. The van der Waals surface area contributed by atoms with Gasteiger partial charge in [0.05, 0.1) is 12.1 Å². The molecular weight excluding hydrogens is 385 g/mol. The third-order valence-corrected chi connectivity index (χ3v) is 4.31. The van der Waals surface area contributed by atoms with Crippen LogP contribution in [0.15, 0.2) is 40.9 Å². The third-order valence-electron chi connectivity index (χ3n) is 3.85. The molecule has 3 nitrogen and oxygen atoms in total. The van der Waals surface area contributed by atoms with E-state index in [1.54, 1.807) is 12.1 Å². The highest BCUT2D eigenvalue weighted by molar-refractivity contribution is 9.10. The van der Waals surface area contributed by atoms with Crippen molar-refractivity contribution in [3.8, 4) is 0 Å². The van der Waals surface area contributed by atoms with Crippen LogP contribution in [0.3, 0.4) is 0 Å². The van der Waals surface area contributed by atoms with Crippen LogP contribution in [0.25, 0.3) is 0 Å². The zero-order valence-electron chi connectivity index (χ0n) is 12.7. The number of benzene rings is 2. The molecule has 0 fully saturated rings. The van der Waals surface area contributed by atoms with E-state index in [1.165, 1.54) is 17.0 Å². The van der Waals surface area contributed by atoms with Crippen molar-refractivity contribution in [1.82, 2.24) is 0 Å². The normalized spacial score (nSPS) is 14.0. The van der Waals surface area contributed by atoms with E-state index in [1.807, 2.05) is 13.0 Å². The van der Waals surface area contributed by atoms with E-state index in [2.05, 4.69) is 21.2 Å². The molecule has 3 rings (SSSR count). The second-order valence-electron chi connectivity index (χ2n) is 5.45. The van der Waals surface area contributed by atoms with Gasteiger partial charge in [0.2, 0.25) is 0 Å². The summed E-state index contributed by atoms with van der Waals surface area (Å²) < 4.78 is 40.3. The highest BCUT2D eigenvalue weighted by atomic mass is 79.9. The standard InChI is InChI=1S/C17H14BrF3N2O/c1-2-22-11-6-10(18)7-12(8-11)23-9-14-13(16(23)24)4-3-5-15(14)17(19,20)21/h3-8,22H,2,9H2,1H3. The molecule has 1 aliphatic heterocycles. The van der Waals surface area contributed by atoms with Gasteiger partial charge in [-0.2, -0.15) is 13.2 Å². The first-order chi connectivity index (χ1) is 11.3. The van der Waals surface area contributed by atoms with Crippen molar-refractivity contribution >= 4 is 33.2 Å². The number of carbonyl (C=O) groups is 1. The lowest BCUT2D eigenvalue weighted by Crippen LogP contribution is -2.23. The van der Waals surface area contributed by atoms with Crippen molar-refractivity contribution in [3.63, 3.8) is 0 Å². The van der Waals surface area contributed by atoms with E-state index in [4.69, 9.17) is 0 Å². The Morgan fingerprint density at radius 1 is 1.25 bits per heavy atom. The Morgan fingerprint density at radius 3 is 2.67 bits per heavy atom. The van der Waals surface area contributed by atoms with E-state index in [9.17, 15) is 18.0 Å². The van der Waals surface area contributed by atoms with Crippen LogP contribution in [-0.4, -0.2) is 12.5 Å². The van der Waals surface area contributed by atoms with Crippen molar-refractivity contribution < 1.29 is 18.0 Å². The Bertz CT molecular complexity index is 805. The fourth-order valence-corrected chi connectivity index (χ4v) is 3.32. The maximum absolute atomic E-state index is 13.2. The lowest BCUT2D eigenvalue weighted by molar-refractivity contribution is -0.138. The van der Waals surface area contributed by atoms with Gasteiger partial charge < -0.3 is 10.2 Å². The quantitative estimate of drug-likeness (QED) is 0.783. The first kappa shape index (κ1) is 16.8. The summed E-state index contributed by atoms with van der Waals surface area (Å²) >= 11 is 3.37. The van der Waals surface area contributed by atoms with Gasteiger partial charge in [0.15, 0.2) is 0 Å². The predicted octanol–water partition coefficient (Wildman–Crippen LogP) is 5.06. The Hall–Kier alpha value is -2.02. The van der Waals surface area contributed by atoms with Crippen LogP contribution >= 0.6 is 15.9 Å². The number of halogens is 4. The lowest BCUT2D eigenvalue weighted by Gasteiger charge is -2.18. The largest absolute Gasteiger partial charge is 0.416 e. The number of hydrogen-bond acceptors (Lipinski definition) is 2. The van der Waals surface area contributed by atoms with Crippen molar-refractivity contribution in [2.24, 2.45) is 0 Å². The van der Waals surface area contributed by atoms with Crippen LogP contribution in [0.4, 0.5) is 24.5 Å². The van der Waals surface area contributed by atoms with Crippen molar-refractivity contribution in [3.05, 3.63) is 57.6 Å². The van der Waals surface area contributed by atoms with Gasteiger partial charge in [-0.05, 0) is 42.8 Å². The Morgan fingerprint density at radius 2 is 2.00 bits per heavy atom. The van der Waals surface area contributed by atoms with Gasteiger partial charge in [-0.15, -0.1) is 0 Å². The molecule has 0 atom stereocenters. The fourth-order valence-electron chi connectivity index (χ4n) is 2.84. The average molecular weight is 399 g/mol. The van der Waals surface area contributed by atoms with Gasteiger partial charge in [-0.3, -0.25) is 4.79 Å². The minimum atomic E-state index is -4.48. The Labute approximate surface area is 145 Å². The molecular formula is C17H14BrF3N2O. The summed E-state index contributed by atoms with van der Waals surface area (Å²) in [6.07, 6.45) is -4.48. The number of nitrogens with zero attached hydrogens (tertiary/aromatic N) is 1. The number of rotatable bonds is 3. The molecule has 2 aromatic rings. The van der Waals surface area contributed by atoms with Gasteiger partial charge in [0.25, 0.3) is 5.91 Å². The first-order valence-corrected chi connectivity index (χ1v) is 8.16. The van der Waals surface area contributed by atoms with Crippen LogP contribution in [0, 0.1) is 0 Å². The second kappa shape index (κ2) is 6.12. The van der Waals surface area contributed by atoms with Crippen LogP contribution in [-0.2, 0) is 12.7 Å². The molecule has 0 bridgehead atoms. The highest BCUT2D eigenvalue weighted by Crippen LogP contribution is 2.39. The molecule has 1 aliphatic rings. The number of carbonyl (C=O) groups excluding carboxylic acids is 1. The summed E-state index contributed by atoms with van der Waals surface area (Å²) in [7, 11) is 0. The summed E-state index contributed by atoms with van der Waals surface area (Å²) in [6, 6.07) is 9.05. The minimum Gasteiger partial charge on any atom is -0.385 e. The maximum atomic E-state index is 13.2. The Balaban J connectivity index is 2.03. The van der Waals surface area contributed by atoms with Gasteiger partial charge in [-0.25, -0.2) is 0 Å². The summed E-state index contributed by atoms with van der Waals surface area (Å²) in [6.45, 7) is 2.54. The SMILES string of the molecule is CCNc1cc(Br)cc(N2Cc3c(cccc3C(F)(F)F)C2=O)c1. The van der Waals surface area contributed by atoms with E-state index in [0.717, 1.165) is 16.2 Å². The number of hydrogen-bond donors (Lipinski definition) is 1. The first-order valence-electron chi connectivity index (χ1n) is 7.36. The lowest BCUT2D eigenvalue weighted by atomic mass is 10.0. The smallest absolute Gasteiger partial charge is 0.385 e. The predicted molar refractivity (Wildman–Crippen MR) is 90.3 cm³/mol. The molecule has 0 spiro atoms. The maximum Gasteiger partial charge on any atom is 0.416 e. The van der Waals surface area contributed by atoms with Crippen molar-refractivity contribution in [1.29, 1.82) is 0 Å². The molecule has 0 radical (unpaired) electrons. The van der Waals surface area contributed by atoms with Gasteiger partial charge >= 0.3 is 6.18 Å². The number of anilines is 2. The van der Waals surface area contributed by atoms with E-state index >= 15 is 0 Å². The number of fused-ring (bicyclic) bond motifs is 1. The Kier molecular flexibility index (Phi) is 4.29. The molecule has 0 unspecified atom stereocenters. The molecule has 0 aromatic heterocycles. The molecule has 2 aromatic carbocycles. The van der Waals surface area contributed by atoms with Gasteiger partial charge in [0.1, 0.15) is 0 Å². The molecule has 24 heavy (non-hydrogen) atoms. The molecule has 0 aliphatic carbocycles. The topological polar surface area (TPSA) is 32.3 Å². The number of amides is 1. The zero-order chi connectivity index (χ0) is 17.5. The molecule has 1 heterocycles. The summed E-state index contributed by atoms with van der Waals surface area (Å²) in [5.74, 6) is -0.420. The molecule has 1 N–H and O–H groups in total.